The van der Waals surface area contributed by atoms with Gasteiger partial charge in [0.05, 0.1) is 11.7 Å². The summed E-state index contributed by atoms with van der Waals surface area (Å²) in [6, 6.07) is 15.7. The zero-order valence-electron chi connectivity index (χ0n) is 18.7. The van der Waals surface area contributed by atoms with Crippen LogP contribution in [0.15, 0.2) is 67.0 Å². The summed E-state index contributed by atoms with van der Waals surface area (Å²) in [6.45, 7) is 2.49. The molecule has 5 rings (SSSR count). The lowest BCUT2D eigenvalue weighted by molar-refractivity contribution is -0.137. The van der Waals surface area contributed by atoms with E-state index in [1.807, 2.05) is 28.4 Å². The number of benzene rings is 2. The maximum absolute atomic E-state index is 13.3. The van der Waals surface area contributed by atoms with Crippen LogP contribution in [0.2, 0.25) is 0 Å². The standard InChI is InChI=1S/C26H23F3IN3OS/c27-26(28,29)21-4-1-3-19(11-21)24-16-33(35-30)25-23(24)12-20(13-31-25)18-8-6-17(7-9-18)14-32-10-2-5-22(34)15-32/h1,3-4,6-9,11-13,16,22,34H,2,5,10,14-15H2. The van der Waals surface area contributed by atoms with Crippen LogP contribution in [0.3, 0.4) is 0 Å². The number of β-amino-alcohol motifs (C(OH)–C–C–N with tert-alkyl or cyclic N) is 1. The molecular formula is C26H23F3IN3OS. The van der Waals surface area contributed by atoms with Crippen LogP contribution >= 0.6 is 30.3 Å². The predicted octanol–water partition coefficient (Wildman–Crippen LogP) is 7.19. The molecule has 0 spiro atoms. The zero-order valence-corrected chi connectivity index (χ0v) is 21.6. The van der Waals surface area contributed by atoms with Gasteiger partial charge in [-0.05, 0) is 54.3 Å². The van der Waals surface area contributed by atoms with Gasteiger partial charge in [0.15, 0.2) is 5.65 Å². The molecule has 0 aliphatic carbocycles. The highest BCUT2D eigenvalue weighted by Gasteiger charge is 2.30. The fraction of sp³-hybridized carbons (Fsp3) is 0.269. The monoisotopic (exact) mass is 609 g/mol. The maximum atomic E-state index is 13.3. The fourth-order valence-corrected chi connectivity index (χ4v) is 5.88. The van der Waals surface area contributed by atoms with Crippen molar-refractivity contribution in [3.05, 3.63) is 78.1 Å². The Labute approximate surface area is 217 Å². The highest BCUT2D eigenvalue weighted by atomic mass is 127. The Bertz CT molecular complexity index is 1340. The largest absolute Gasteiger partial charge is 0.416 e. The molecule has 1 aliphatic rings. The van der Waals surface area contributed by atoms with Gasteiger partial charge >= 0.3 is 6.18 Å². The van der Waals surface area contributed by atoms with Crippen molar-refractivity contribution in [2.75, 3.05) is 13.1 Å². The first-order chi connectivity index (χ1) is 16.8. The Hall–Kier alpha value is -2.08. The number of halogens is 4. The Kier molecular flexibility index (Phi) is 7.11. The van der Waals surface area contributed by atoms with Crippen LogP contribution in [0.1, 0.15) is 24.0 Å². The summed E-state index contributed by atoms with van der Waals surface area (Å²) in [4.78, 5) is 6.92. The van der Waals surface area contributed by atoms with Gasteiger partial charge in [0.25, 0.3) is 0 Å². The van der Waals surface area contributed by atoms with Crippen molar-refractivity contribution < 1.29 is 18.3 Å². The first kappa shape index (κ1) is 24.6. The highest BCUT2D eigenvalue weighted by Crippen LogP contribution is 2.38. The molecule has 0 radical (unpaired) electrons. The van der Waals surface area contributed by atoms with Crippen LogP contribution in [0.5, 0.6) is 0 Å². The Balaban J connectivity index is 1.47. The molecule has 4 aromatic rings. The first-order valence-electron chi connectivity index (χ1n) is 11.3. The number of likely N-dealkylation sites (tertiary alicyclic amines) is 1. The van der Waals surface area contributed by atoms with Crippen molar-refractivity contribution in [2.24, 2.45) is 0 Å². The average molecular weight is 609 g/mol. The number of pyridine rings is 1. The Morgan fingerprint density at radius 1 is 1.06 bits per heavy atom. The van der Waals surface area contributed by atoms with Crippen molar-refractivity contribution in [1.29, 1.82) is 0 Å². The number of alkyl halides is 3. The fourth-order valence-electron chi connectivity index (χ4n) is 4.62. The molecule has 1 N–H and O–H groups in total. The lowest BCUT2D eigenvalue weighted by Gasteiger charge is -2.29. The van der Waals surface area contributed by atoms with E-state index in [-0.39, 0.29) is 6.10 Å². The van der Waals surface area contributed by atoms with E-state index in [0.717, 1.165) is 48.5 Å². The third-order valence-electron chi connectivity index (χ3n) is 6.36. The third kappa shape index (κ3) is 5.37. The van der Waals surface area contributed by atoms with Gasteiger partial charge in [-0.25, -0.2) is 4.98 Å². The van der Waals surface area contributed by atoms with Crippen molar-refractivity contribution in [3.8, 4) is 22.3 Å². The van der Waals surface area contributed by atoms with Crippen LogP contribution < -0.4 is 0 Å². The number of fused-ring (bicyclic) bond motifs is 1. The normalized spacial score (nSPS) is 17.2. The Morgan fingerprint density at radius 2 is 1.86 bits per heavy atom. The molecule has 0 amide bonds. The second-order valence-electron chi connectivity index (χ2n) is 8.84. The molecule has 1 unspecified atom stereocenters. The van der Waals surface area contributed by atoms with Gasteiger partial charge in [0, 0.05) is 72.3 Å². The number of hydrogen-bond donors (Lipinski definition) is 1. The molecule has 1 atom stereocenters. The van der Waals surface area contributed by atoms with Gasteiger partial charge in [-0.15, -0.1) is 0 Å². The molecule has 35 heavy (non-hydrogen) atoms. The Morgan fingerprint density at radius 3 is 2.57 bits per heavy atom. The average Bonchev–Trinajstić information content (AvgIpc) is 3.22. The molecule has 2 aromatic carbocycles. The molecule has 1 fully saturated rings. The molecule has 182 valence electrons. The molecule has 2 aromatic heterocycles. The van der Waals surface area contributed by atoms with E-state index in [4.69, 9.17) is 0 Å². The van der Waals surface area contributed by atoms with Gasteiger partial charge in [-0.3, -0.25) is 8.87 Å². The van der Waals surface area contributed by atoms with Crippen LogP contribution in [0.4, 0.5) is 13.2 Å². The smallest absolute Gasteiger partial charge is 0.392 e. The van der Waals surface area contributed by atoms with Crippen molar-refractivity contribution in [2.45, 2.75) is 31.7 Å². The minimum atomic E-state index is -4.40. The number of piperidine rings is 1. The van der Waals surface area contributed by atoms with E-state index in [1.54, 1.807) is 12.3 Å². The summed E-state index contributed by atoms with van der Waals surface area (Å²) in [7, 11) is 1.42. The molecular weight excluding hydrogens is 586 g/mol. The van der Waals surface area contributed by atoms with Crippen LogP contribution in [-0.4, -0.2) is 38.2 Å². The second kappa shape index (κ2) is 10.1. The van der Waals surface area contributed by atoms with Crippen LogP contribution in [0, 0.1) is 0 Å². The number of aliphatic hydroxyl groups excluding tert-OH is 1. The predicted molar refractivity (Wildman–Crippen MR) is 143 cm³/mol. The molecule has 0 saturated carbocycles. The first-order valence-corrected chi connectivity index (χ1v) is 14.6. The highest BCUT2D eigenvalue weighted by molar-refractivity contribution is 14.2. The van der Waals surface area contributed by atoms with Crippen molar-refractivity contribution in [3.63, 3.8) is 0 Å². The van der Waals surface area contributed by atoms with Gasteiger partial charge in [-0.2, -0.15) is 13.2 Å². The van der Waals surface area contributed by atoms with E-state index in [0.29, 0.717) is 23.3 Å². The summed E-state index contributed by atoms with van der Waals surface area (Å²) in [5, 5.41) is 10.7. The van der Waals surface area contributed by atoms with E-state index >= 15 is 0 Å². The number of nitrogens with zero attached hydrogens (tertiary/aromatic N) is 3. The molecule has 3 heterocycles. The molecule has 0 bridgehead atoms. The lowest BCUT2D eigenvalue weighted by atomic mass is 10.00. The van der Waals surface area contributed by atoms with E-state index in [9.17, 15) is 18.3 Å². The molecule has 1 aliphatic heterocycles. The van der Waals surface area contributed by atoms with Crippen molar-refractivity contribution >= 4 is 41.4 Å². The number of hydrogen-bond acceptors (Lipinski definition) is 4. The zero-order chi connectivity index (χ0) is 24.6. The van der Waals surface area contributed by atoms with Crippen LogP contribution in [-0.2, 0) is 12.7 Å². The summed E-state index contributed by atoms with van der Waals surface area (Å²) in [6.07, 6.45) is 0.866. The number of rotatable bonds is 5. The van der Waals surface area contributed by atoms with Crippen molar-refractivity contribution in [1.82, 2.24) is 13.9 Å². The summed E-state index contributed by atoms with van der Waals surface area (Å²) in [5.41, 5.74) is 4.33. The van der Waals surface area contributed by atoms with E-state index < -0.39 is 11.7 Å². The van der Waals surface area contributed by atoms with E-state index in [1.165, 1.54) is 26.8 Å². The maximum Gasteiger partial charge on any atom is 0.416 e. The van der Waals surface area contributed by atoms with E-state index in [2.05, 4.69) is 43.2 Å². The third-order valence-corrected chi connectivity index (χ3v) is 8.06. The summed E-state index contributed by atoms with van der Waals surface area (Å²) >= 11 is 2.14. The quantitative estimate of drug-likeness (QED) is 0.243. The summed E-state index contributed by atoms with van der Waals surface area (Å²) in [5.74, 6) is 0. The van der Waals surface area contributed by atoms with Crippen LogP contribution in [0.25, 0.3) is 33.3 Å². The van der Waals surface area contributed by atoms with Gasteiger partial charge in [0.2, 0.25) is 0 Å². The van der Waals surface area contributed by atoms with Gasteiger partial charge in [-0.1, -0.05) is 36.4 Å². The minimum absolute atomic E-state index is 0.250. The topological polar surface area (TPSA) is 41.3 Å². The summed E-state index contributed by atoms with van der Waals surface area (Å²) < 4.78 is 41.8. The second-order valence-corrected chi connectivity index (χ2v) is 10.6. The number of aliphatic hydroxyl groups is 1. The molecule has 9 heteroatoms. The SMILES string of the molecule is OC1CCCN(Cc2ccc(-c3cnc4c(c3)c(-c3cccc(C(F)(F)F)c3)cn4SI)cc2)C1. The minimum Gasteiger partial charge on any atom is -0.392 e. The lowest BCUT2D eigenvalue weighted by Crippen LogP contribution is -2.37. The molecule has 4 nitrogen and oxygen atoms in total. The molecule has 1 saturated heterocycles. The van der Waals surface area contributed by atoms with Gasteiger partial charge < -0.3 is 5.11 Å². The number of aromatic nitrogens is 2. The van der Waals surface area contributed by atoms with Gasteiger partial charge in [0.1, 0.15) is 0 Å².